The average Bonchev–Trinajstić information content (AvgIpc) is 2.46. The summed E-state index contributed by atoms with van der Waals surface area (Å²) in [5.74, 6) is 0.223. The molecule has 1 saturated heterocycles. The largest absolute Gasteiger partial charge is 0.310 e. The molecule has 2 rings (SSSR count). The van der Waals surface area contributed by atoms with Gasteiger partial charge in [0, 0.05) is 11.4 Å². The Hall–Kier alpha value is -1.00. The summed E-state index contributed by atoms with van der Waals surface area (Å²) in [5, 5.41) is 3.36. The third-order valence-corrected chi connectivity index (χ3v) is 4.24. The molecule has 4 heteroatoms. The average molecular weight is 278 g/mol. The van der Waals surface area contributed by atoms with Gasteiger partial charge in [-0.2, -0.15) is 0 Å². The first kappa shape index (κ1) is 14.4. The van der Waals surface area contributed by atoms with Crippen LogP contribution >= 0.6 is 11.8 Å². The number of carbonyl (C=O) groups is 1. The van der Waals surface area contributed by atoms with Gasteiger partial charge in [-0.05, 0) is 44.2 Å². The number of anilines is 1. The second-order valence-electron chi connectivity index (χ2n) is 4.81. The maximum absolute atomic E-state index is 12.6. The fraction of sp³-hybridized carbons (Fsp3) is 0.533. The van der Waals surface area contributed by atoms with E-state index in [1.807, 2.05) is 23.1 Å². The van der Waals surface area contributed by atoms with Gasteiger partial charge in [0.05, 0.1) is 11.7 Å². The van der Waals surface area contributed by atoms with Crippen molar-refractivity contribution in [3.05, 3.63) is 24.3 Å². The zero-order valence-corrected chi connectivity index (χ0v) is 12.5. The lowest BCUT2D eigenvalue weighted by Gasteiger charge is -2.33. The van der Waals surface area contributed by atoms with Crippen LogP contribution < -0.4 is 10.2 Å². The van der Waals surface area contributed by atoms with Crippen LogP contribution in [-0.4, -0.2) is 31.3 Å². The van der Waals surface area contributed by atoms with Gasteiger partial charge in [-0.25, -0.2) is 0 Å². The van der Waals surface area contributed by atoms with Gasteiger partial charge in [-0.3, -0.25) is 4.79 Å². The fourth-order valence-electron chi connectivity index (χ4n) is 2.48. The number of thioether (sulfide) groups is 1. The molecule has 1 aromatic rings. The van der Waals surface area contributed by atoms with Crippen molar-refractivity contribution < 1.29 is 4.79 Å². The molecular weight excluding hydrogens is 256 g/mol. The van der Waals surface area contributed by atoms with Gasteiger partial charge < -0.3 is 10.2 Å². The highest BCUT2D eigenvalue weighted by molar-refractivity contribution is 7.98. The van der Waals surface area contributed by atoms with E-state index in [4.69, 9.17) is 0 Å². The molecule has 104 valence electrons. The molecule has 1 fully saturated rings. The summed E-state index contributed by atoms with van der Waals surface area (Å²) in [6.07, 6.45) is 5.14. The van der Waals surface area contributed by atoms with E-state index in [1.54, 1.807) is 11.8 Å². The summed E-state index contributed by atoms with van der Waals surface area (Å²) >= 11 is 1.70. The van der Waals surface area contributed by atoms with Gasteiger partial charge in [0.1, 0.15) is 0 Å². The molecule has 3 nitrogen and oxygen atoms in total. The van der Waals surface area contributed by atoms with Crippen LogP contribution in [0.25, 0.3) is 0 Å². The normalized spacial score (nSPS) is 19.8. The number of para-hydroxylation sites is 1. The molecule has 0 bridgehead atoms. The molecule has 0 spiro atoms. The lowest BCUT2D eigenvalue weighted by Crippen LogP contribution is -2.51. The van der Waals surface area contributed by atoms with Crippen LogP contribution in [0.4, 0.5) is 5.69 Å². The lowest BCUT2D eigenvalue weighted by molar-refractivity contribution is -0.121. The molecule has 1 unspecified atom stereocenters. The van der Waals surface area contributed by atoms with Crippen molar-refractivity contribution in [3.63, 3.8) is 0 Å². The van der Waals surface area contributed by atoms with Gasteiger partial charge in [0.25, 0.3) is 0 Å². The Morgan fingerprint density at radius 3 is 2.95 bits per heavy atom. The predicted molar refractivity (Wildman–Crippen MR) is 81.9 cm³/mol. The van der Waals surface area contributed by atoms with Crippen LogP contribution in [0.3, 0.4) is 0 Å². The second-order valence-corrected chi connectivity index (χ2v) is 5.66. The van der Waals surface area contributed by atoms with E-state index in [0.29, 0.717) is 0 Å². The number of rotatable bonds is 5. The van der Waals surface area contributed by atoms with E-state index < -0.39 is 0 Å². The SMILES string of the molecule is CCCNC1CCCN(c2ccccc2SC)C1=O. The van der Waals surface area contributed by atoms with Gasteiger partial charge in [-0.1, -0.05) is 19.1 Å². The van der Waals surface area contributed by atoms with Crippen molar-refractivity contribution in [1.29, 1.82) is 0 Å². The summed E-state index contributed by atoms with van der Waals surface area (Å²) in [6, 6.07) is 8.15. The van der Waals surface area contributed by atoms with Gasteiger partial charge in [-0.15, -0.1) is 11.8 Å². The van der Waals surface area contributed by atoms with Crippen LogP contribution in [0.2, 0.25) is 0 Å². The molecule has 1 atom stereocenters. The van der Waals surface area contributed by atoms with Gasteiger partial charge in [0.15, 0.2) is 0 Å². The Labute approximate surface area is 119 Å². The number of nitrogens with zero attached hydrogens (tertiary/aromatic N) is 1. The Bertz CT molecular complexity index is 436. The summed E-state index contributed by atoms with van der Waals surface area (Å²) in [4.78, 5) is 15.7. The van der Waals surface area contributed by atoms with Crippen LogP contribution in [-0.2, 0) is 4.79 Å². The number of carbonyl (C=O) groups excluding carboxylic acids is 1. The third-order valence-electron chi connectivity index (χ3n) is 3.46. The topological polar surface area (TPSA) is 32.3 Å². The molecular formula is C15H22N2OS. The van der Waals surface area contributed by atoms with Crippen molar-refractivity contribution in [2.24, 2.45) is 0 Å². The molecule has 0 aliphatic carbocycles. The minimum atomic E-state index is -0.0105. The minimum Gasteiger partial charge on any atom is -0.310 e. The Morgan fingerprint density at radius 1 is 1.42 bits per heavy atom. The van der Waals surface area contributed by atoms with Crippen molar-refractivity contribution in [2.45, 2.75) is 37.1 Å². The van der Waals surface area contributed by atoms with Crippen LogP contribution in [0.5, 0.6) is 0 Å². The van der Waals surface area contributed by atoms with Gasteiger partial charge >= 0.3 is 0 Å². The Balaban J connectivity index is 2.17. The number of amides is 1. The number of hydrogen-bond acceptors (Lipinski definition) is 3. The Kier molecular flexibility index (Phi) is 5.28. The maximum Gasteiger partial charge on any atom is 0.244 e. The molecule has 1 aliphatic rings. The highest BCUT2D eigenvalue weighted by Gasteiger charge is 2.29. The first-order valence-corrected chi connectivity index (χ1v) is 8.18. The zero-order chi connectivity index (χ0) is 13.7. The van der Waals surface area contributed by atoms with Crippen molar-refractivity contribution in [1.82, 2.24) is 5.32 Å². The molecule has 1 aromatic carbocycles. The molecule has 1 amide bonds. The summed E-state index contributed by atoms with van der Waals surface area (Å²) in [6.45, 7) is 3.87. The molecule has 0 aromatic heterocycles. The fourth-order valence-corrected chi connectivity index (χ4v) is 3.08. The highest BCUT2D eigenvalue weighted by Crippen LogP contribution is 2.30. The predicted octanol–water partition coefficient (Wildman–Crippen LogP) is 2.90. The summed E-state index contributed by atoms with van der Waals surface area (Å²) < 4.78 is 0. The summed E-state index contributed by atoms with van der Waals surface area (Å²) in [5.41, 5.74) is 1.06. The van der Waals surface area contributed by atoms with Gasteiger partial charge in [0.2, 0.25) is 5.91 Å². The van der Waals surface area contributed by atoms with E-state index in [1.165, 1.54) is 4.90 Å². The van der Waals surface area contributed by atoms with E-state index >= 15 is 0 Å². The van der Waals surface area contributed by atoms with E-state index in [-0.39, 0.29) is 11.9 Å². The van der Waals surface area contributed by atoms with Crippen molar-refractivity contribution >= 4 is 23.4 Å². The highest BCUT2D eigenvalue weighted by atomic mass is 32.2. The standard InChI is InChI=1S/C15H22N2OS/c1-3-10-16-12-7-6-11-17(15(12)18)13-8-4-5-9-14(13)19-2/h4-5,8-9,12,16H,3,6-7,10-11H2,1-2H3. The smallest absolute Gasteiger partial charge is 0.244 e. The quantitative estimate of drug-likeness (QED) is 0.841. The molecule has 19 heavy (non-hydrogen) atoms. The molecule has 1 aliphatic heterocycles. The number of hydrogen-bond donors (Lipinski definition) is 1. The van der Waals surface area contributed by atoms with Crippen LogP contribution in [0.1, 0.15) is 26.2 Å². The molecule has 1 N–H and O–H groups in total. The van der Waals surface area contributed by atoms with E-state index in [9.17, 15) is 4.79 Å². The molecule has 0 saturated carbocycles. The van der Waals surface area contributed by atoms with E-state index in [0.717, 1.165) is 38.0 Å². The minimum absolute atomic E-state index is 0.0105. The first-order valence-electron chi connectivity index (χ1n) is 6.95. The first-order chi connectivity index (χ1) is 9.27. The second kappa shape index (κ2) is 6.96. The van der Waals surface area contributed by atoms with Crippen molar-refractivity contribution in [2.75, 3.05) is 24.2 Å². The van der Waals surface area contributed by atoms with Crippen LogP contribution in [0, 0.1) is 0 Å². The summed E-state index contributed by atoms with van der Waals surface area (Å²) in [7, 11) is 0. The number of nitrogens with one attached hydrogen (secondary N) is 1. The monoisotopic (exact) mass is 278 g/mol. The molecule has 1 heterocycles. The van der Waals surface area contributed by atoms with E-state index in [2.05, 4.69) is 24.6 Å². The number of piperidine rings is 1. The molecule has 0 radical (unpaired) electrons. The van der Waals surface area contributed by atoms with Crippen molar-refractivity contribution in [3.8, 4) is 0 Å². The number of benzene rings is 1. The lowest BCUT2D eigenvalue weighted by atomic mass is 10.0. The Morgan fingerprint density at radius 2 is 2.21 bits per heavy atom. The van der Waals surface area contributed by atoms with Crippen LogP contribution in [0.15, 0.2) is 29.2 Å². The third kappa shape index (κ3) is 3.31. The maximum atomic E-state index is 12.6. The zero-order valence-electron chi connectivity index (χ0n) is 11.7.